The number of carbonyl (C=O) groups is 1. The molecule has 0 saturated carbocycles. The Morgan fingerprint density at radius 2 is 1.92 bits per heavy atom. The van der Waals surface area contributed by atoms with E-state index in [1.807, 2.05) is 26.0 Å². The zero-order valence-electron chi connectivity index (χ0n) is 14.9. The maximum absolute atomic E-state index is 11.9. The highest BCUT2D eigenvalue weighted by Crippen LogP contribution is 2.35. The van der Waals surface area contributed by atoms with Crippen molar-refractivity contribution in [1.29, 1.82) is 0 Å². The lowest BCUT2D eigenvalue weighted by atomic mass is 10.2. The number of ether oxygens (including phenoxy) is 2. The molecular weight excluding hydrogens is 420 g/mol. The average Bonchev–Trinajstić information content (AvgIpc) is 2.58. The molecule has 0 atom stereocenters. The van der Waals surface area contributed by atoms with E-state index in [0.717, 1.165) is 21.4 Å². The molecular formula is C17H19BrN4O3S. The lowest BCUT2D eigenvalue weighted by molar-refractivity contribution is -0.118. The summed E-state index contributed by atoms with van der Waals surface area (Å²) >= 11 is 4.68. The summed E-state index contributed by atoms with van der Waals surface area (Å²) < 4.78 is 11.3. The molecule has 2 aromatic rings. The van der Waals surface area contributed by atoms with Crippen molar-refractivity contribution in [3.8, 4) is 11.5 Å². The minimum atomic E-state index is -0.242. The average molecular weight is 439 g/mol. The highest BCUT2D eigenvalue weighted by atomic mass is 79.9. The van der Waals surface area contributed by atoms with E-state index in [0.29, 0.717) is 16.7 Å². The summed E-state index contributed by atoms with van der Waals surface area (Å²) in [6.07, 6.45) is 1.53. The van der Waals surface area contributed by atoms with Crippen LogP contribution in [0.4, 0.5) is 0 Å². The van der Waals surface area contributed by atoms with Crippen LogP contribution in [0, 0.1) is 13.8 Å². The quantitative estimate of drug-likeness (QED) is 0.309. The van der Waals surface area contributed by atoms with Crippen LogP contribution in [0.15, 0.2) is 32.9 Å². The van der Waals surface area contributed by atoms with Crippen molar-refractivity contribution in [3.05, 3.63) is 39.6 Å². The predicted octanol–water partition coefficient (Wildman–Crippen LogP) is 3.12. The van der Waals surface area contributed by atoms with Gasteiger partial charge in [-0.05, 0) is 53.5 Å². The van der Waals surface area contributed by atoms with Crippen LogP contribution in [0.1, 0.15) is 17.0 Å². The zero-order chi connectivity index (χ0) is 19.1. The normalized spacial score (nSPS) is 10.8. The Kier molecular flexibility index (Phi) is 7.40. The van der Waals surface area contributed by atoms with Crippen LogP contribution >= 0.6 is 27.7 Å². The van der Waals surface area contributed by atoms with Crippen molar-refractivity contribution in [2.45, 2.75) is 19.0 Å². The van der Waals surface area contributed by atoms with Crippen LogP contribution in [-0.4, -0.2) is 42.1 Å². The van der Waals surface area contributed by atoms with Gasteiger partial charge in [0.1, 0.15) is 0 Å². The molecule has 0 unspecified atom stereocenters. The molecule has 7 nitrogen and oxygen atoms in total. The van der Waals surface area contributed by atoms with Crippen LogP contribution in [0.5, 0.6) is 11.5 Å². The fraction of sp³-hybridized carbons (Fsp3) is 0.294. The van der Waals surface area contributed by atoms with Gasteiger partial charge in [-0.15, -0.1) is 0 Å². The third-order valence-corrected chi connectivity index (χ3v) is 4.59. The van der Waals surface area contributed by atoms with Gasteiger partial charge in [0.05, 0.1) is 30.7 Å². The van der Waals surface area contributed by atoms with Crippen LogP contribution in [-0.2, 0) is 4.79 Å². The summed E-state index contributed by atoms with van der Waals surface area (Å²) in [5.74, 6) is 1.10. The van der Waals surface area contributed by atoms with Crippen LogP contribution in [0.3, 0.4) is 0 Å². The maximum Gasteiger partial charge on any atom is 0.250 e. The van der Waals surface area contributed by atoms with Gasteiger partial charge in [-0.2, -0.15) is 5.10 Å². The van der Waals surface area contributed by atoms with Crippen molar-refractivity contribution < 1.29 is 14.3 Å². The zero-order valence-corrected chi connectivity index (χ0v) is 17.3. The predicted molar refractivity (Wildman–Crippen MR) is 105 cm³/mol. The topological polar surface area (TPSA) is 85.7 Å². The smallest absolute Gasteiger partial charge is 0.250 e. The molecule has 138 valence electrons. The number of nitrogens with zero attached hydrogens (tertiary/aromatic N) is 3. The van der Waals surface area contributed by atoms with Crippen molar-refractivity contribution in [1.82, 2.24) is 15.4 Å². The van der Waals surface area contributed by atoms with E-state index in [4.69, 9.17) is 9.47 Å². The lowest BCUT2D eigenvalue weighted by Gasteiger charge is -2.10. The Hall–Kier alpha value is -2.13. The van der Waals surface area contributed by atoms with Gasteiger partial charge >= 0.3 is 0 Å². The van der Waals surface area contributed by atoms with Crippen molar-refractivity contribution in [2.75, 3.05) is 20.0 Å². The van der Waals surface area contributed by atoms with Crippen molar-refractivity contribution in [2.24, 2.45) is 5.10 Å². The summed E-state index contributed by atoms with van der Waals surface area (Å²) in [7, 11) is 3.12. The first kappa shape index (κ1) is 20.2. The molecule has 1 aromatic carbocycles. The third kappa shape index (κ3) is 5.70. The molecule has 1 amide bonds. The largest absolute Gasteiger partial charge is 0.493 e. The first-order chi connectivity index (χ1) is 12.4. The van der Waals surface area contributed by atoms with Gasteiger partial charge in [0, 0.05) is 11.4 Å². The van der Waals surface area contributed by atoms with Gasteiger partial charge in [-0.1, -0.05) is 11.8 Å². The Morgan fingerprint density at radius 1 is 1.23 bits per heavy atom. The van der Waals surface area contributed by atoms with Crippen molar-refractivity contribution in [3.63, 3.8) is 0 Å². The second kappa shape index (κ2) is 9.54. The molecule has 0 aliphatic rings. The van der Waals surface area contributed by atoms with E-state index in [1.54, 1.807) is 20.3 Å². The second-order valence-electron chi connectivity index (χ2n) is 5.25. The lowest BCUT2D eigenvalue weighted by Crippen LogP contribution is -2.19. The molecule has 0 aliphatic carbocycles. The number of carbonyl (C=O) groups excluding carboxylic acids is 1. The van der Waals surface area contributed by atoms with Crippen LogP contribution in [0.25, 0.3) is 0 Å². The number of nitrogens with one attached hydrogen (secondary N) is 1. The van der Waals surface area contributed by atoms with Gasteiger partial charge in [0.15, 0.2) is 16.7 Å². The maximum atomic E-state index is 11.9. The molecule has 1 N–H and O–H groups in total. The van der Waals surface area contributed by atoms with Gasteiger partial charge in [-0.3, -0.25) is 4.79 Å². The highest BCUT2D eigenvalue weighted by Gasteiger charge is 2.10. The number of halogens is 1. The molecule has 0 bridgehead atoms. The number of benzene rings is 1. The number of hydrogen-bond donors (Lipinski definition) is 1. The molecule has 1 heterocycles. The number of aromatic nitrogens is 2. The fourth-order valence-corrected chi connectivity index (χ4v) is 3.48. The number of rotatable bonds is 7. The summed E-state index contributed by atoms with van der Waals surface area (Å²) in [5, 5.41) is 4.54. The van der Waals surface area contributed by atoms with Gasteiger partial charge in [0.25, 0.3) is 5.91 Å². The SMILES string of the molecule is COc1cc(/C=N\NC(=O)CSc2nc(C)cc(C)n2)cc(Br)c1OC. The van der Waals surface area contributed by atoms with Crippen LogP contribution in [0.2, 0.25) is 0 Å². The third-order valence-electron chi connectivity index (χ3n) is 3.15. The minimum Gasteiger partial charge on any atom is -0.493 e. The Balaban J connectivity index is 1.93. The second-order valence-corrected chi connectivity index (χ2v) is 7.05. The van der Waals surface area contributed by atoms with Gasteiger partial charge < -0.3 is 9.47 Å². The number of methoxy groups -OCH3 is 2. The van der Waals surface area contributed by atoms with Crippen molar-refractivity contribution >= 4 is 39.8 Å². The minimum absolute atomic E-state index is 0.176. The van der Waals surface area contributed by atoms with Gasteiger partial charge in [0.2, 0.25) is 0 Å². The Bertz CT molecular complexity index is 810. The monoisotopic (exact) mass is 438 g/mol. The van der Waals surface area contributed by atoms with E-state index in [9.17, 15) is 4.79 Å². The first-order valence-electron chi connectivity index (χ1n) is 7.61. The summed E-state index contributed by atoms with van der Waals surface area (Å²) in [6.45, 7) is 3.79. The molecule has 9 heteroatoms. The number of hydrazone groups is 1. The van der Waals surface area contributed by atoms with Gasteiger partial charge in [-0.25, -0.2) is 15.4 Å². The number of thioether (sulfide) groups is 1. The van der Waals surface area contributed by atoms with E-state index < -0.39 is 0 Å². The first-order valence-corrected chi connectivity index (χ1v) is 9.39. The molecule has 2 rings (SSSR count). The molecule has 1 aromatic heterocycles. The molecule has 0 aliphatic heterocycles. The van der Waals surface area contributed by atoms with E-state index in [-0.39, 0.29) is 11.7 Å². The molecule has 0 fully saturated rings. The molecule has 0 spiro atoms. The highest BCUT2D eigenvalue weighted by molar-refractivity contribution is 9.10. The Labute approximate surface area is 164 Å². The van der Waals surface area contributed by atoms with Crippen LogP contribution < -0.4 is 14.9 Å². The summed E-state index contributed by atoms with van der Waals surface area (Å²) in [6, 6.07) is 5.46. The standard InChI is InChI=1S/C17H19BrN4O3S/c1-10-5-11(2)21-17(20-10)26-9-15(23)22-19-8-12-6-13(18)16(25-4)14(7-12)24-3/h5-8H,9H2,1-4H3,(H,22,23)/b19-8-. The molecule has 0 radical (unpaired) electrons. The summed E-state index contributed by atoms with van der Waals surface area (Å²) in [5.41, 5.74) is 4.98. The summed E-state index contributed by atoms with van der Waals surface area (Å²) in [4.78, 5) is 20.5. The number of amides is 1. The Morgan fingerprint density at radius 3 is 2.54 bits per heavy atom. The van der Waals surface area contributed by atoms with E-state index in [2.05, 4.69) is 36.4 Å². The molecule has 26 heavy (non-hydrogen) atoms. The van der Waals surface area contributed by atoms with E-state index in [1.165, 1.54) is 18.0 Å². The molecule has 0 saturated heterocycles. The number of hydrogen-bond acceptors (Lipinski definition) is 7. The fourth-order valence-electron chi connectivity index (χ4n) is 2.11. The van der Waals surface area contributed by atoms with E-state index >= 15 is 0 Å². The number of aryl methyl sites for hydroxylation is 2.